The van der Waals surface area contributed by atoms with Gasteiger partial charge in [0, 0.05) is 11.6 Å². The molecule has 3 rings (SSSR count). The third-order valence-corrected chi connectivity index (χ3v) is 4.56. The van der Waals surface area contributed by atoms with E-state index < -0.39 is 18.0 Å². The molecule has 2 aromatic carbocycles. The predicted molar refractivity (Wildman–Crippen MR) is 116 cm³/mol. The maximum Gasteiger partial charge on any atom is 0.336 e. The number of aromatic nitrogens is 4. The second-order valence-electron chi connectivity index (χ2n) is 7.28. The molecule has 11 heteroatoms. The zero-order valence-electron chi connectivity index (χ0n) is 17.5. The van der Waals surface area contributed by atoms with Crippen LogP contribution in [0.15, 0.2) is 48.5 Å². The largest absolute Gasteiger partial charge is 0.461 e. The summed E-state index contributed by atoms with van der Waals surface area (Å²) >= 11 is 6.07. The molecule has 1 aromatic heterocycles. The van der Waals surface area contributed by atoms with E-state index in [2.05, 4.69) is 26.0 Å². The Balaban J connectivity index is 1.73. The molecule has 0 saturated heterocycles. The van der Waals surface area contributed by atoms with Crippen LogP contribution in [-0.2, 0) is 16.1 Å². The normalized spacial score (nSPS) is 12.1. The standard InChI is InChI=1S/C21H23ClN6O4/c1-13(2)32-21(31)18(29)12-28(25-20(30)19-23-26-27-24-19)11-14-6-8-15(9-7-14)16-4-3-5-17(22)10-16/h3-10,13,18,29H,11-12H2,1-2H3,(H,25,30)(H,23,24,26,27). The van der Waals surface area contributed by atoms with Crippen LogP contribution in [-0.4, -0.2) is 61.4 Å². The van der Waals surface area contributed by atoms with Gasteiger partial charge < -0.3 is 9.84 Å². The Bertz CT molecular complexity index is 1040. The highest BCUT2D eigenvalue weighted by atomic mass is 35.5. The number of ether oxygens (including phenoxy) is 1. The molecule has 0 aliphatic rings. The van der Waals surface area contributed by atoms with Crippen molar-refractivity contribution in [3.8, 4) is 11.1 Å². The maximum absolute atomic E-state index is 12.4. The fourth-order valence-corrected chi connectivity index (χ4v) is 3.08. The molecular weight excluding hydrogens is 436 g/mol. The number of nitrogens with zero attached hydrogens (tertiary/aromatic N) is 4. The SMILES string of the molecule is CC(C)OC(=O)C(O)CN(Cc1ccc(-c2cccc(Cl)c2)cc1)NC(=O)c1nnn[nH]1. The van der Waals surface area contributed by atoms with E-state index in [9.17, 15) is 14.7 Å². The Morgan fingerprint density at radius 3 is 2.56 bits per heavy atom. The lowest BCUT2D eigenvalue weighted by molar-refractivity contribution is -0.158. The molecule has 3 aromatic rings. The van der Waals surface area contributed by atoms with E-state index in [4.69, 9.17) is 16.3 Å². The van der Waals surface area contributed by atoms with Crippen LogP contribution in [0.25, 0.3) is 11.1 Å². The smallest absolute Gasteiger partial charge is 0.336 e. The van der Waals surface area contributed by atoms with E-state index in [0.29, 0.717) is 5.02 Å². The van der Waals surface area contributed by atoms with Crippen LogP contribution >= 0.6 is 11.6 Å². The van der Waals surface area contributed by atoms with Crippen molar-refractivity contribution in [2.24, 2.45) is 0 Å². The highest BCUT2D eigenvalue weighted by Gasteiger charge is 2.24. The van der Waals surface area contributed by atoms with Gasteiger partial charge in [-0.25, -0.2) is 14.9 Å². The third kappa shape index (κ3) is 6.58. The number of carbonyl (C=O) groups is 2. The minimum Gasteiger partial charge on any atom is -0.461 e. The molecule has 168 valence electrons. The van der Waals surface area contributed by atoms with Gasteiger partial charge in [-0.15, -0.1) is 5.10 Å². The fourth-order valence-electron chi connectivity index (χ4n) is 2.89. The monoisotopic (exact) mass is 458 g/mol. The lowest BCUT2D eigenvalue weighted by atomic mass is 10.0. The van der Waals surface area contributed by atoms with Crippen LogP contribution in [0.2, 0.25) is 5.02 Å². The number of aliphatic hydroxyl groups excluding tert-OH is 1. The van der Waals surface area contributed by atoms with Crippen molar-refractivity contribution in [3.63, 3.8) is 0 Å². The maximum atomic E-state index is 12.4. The lowest BCUT2D eigenvalue weighted by Gasteiger charge is -2.25. The van der Waals surface area contributed by atoms with Gasteiger partial charge in [-0.2, -0.15) is 0 Å². The van der Waals surface area contributed by atoms with Crippen LogP contribution in [0.3, 0.4) is 0 Å². The van der Waals surface area contributed by atoms with Crippen molar-refractivity contribution in [1.29, 1.82) is 0 Å². The molecular formula is C21H23ClN6O4. The summed E-state index contributed by atoms with van der Waals surface area (Å²) in [4.78, 5) is 24.4. The average molecular weight is 459 g/mol. The van der Waals surface area contributed by atoms with Crippen molar-refractivity contribution >= 4 is 23.5 Å². The molecule has 1 unspecified atom stereocenters. The molecule has 1 atom stereocenters. The van der Waals surface area contributed by atoms with Crippen LogP contribution in [0, 0.1) is 0 Å². The van der Waals surface area contributed by atoms with Gasteiger partial charge in [-0.1, -0.05) is 48.0 Å². The number of H-pyrrole nitrogens is 1. The first-order chi connectivity index (χ1) is 15.3. The quantitative estimate of drug-likeness (QED) is 0.327. The molecule has 0 radical (unpaired) electrons. The second-order valence-corrected chi connectivity index (χ2v) is 7.72. The van der Waals surface area contributed by atoms with Crippen LogP contribution in [0.1, 0.15) is 30.0 Å². The van der Waals surface area contributed by atoms with Gasteiger partial charge in [0.15, 0.2) is 6.10 Å². The lowest BCUT2D eigenvalue weighted by Crippen LogP contribution is -2.48. The summed E-state index contributed by atoms with van der Waals surface area (Å²) < 4.78 is 5.04. The van der Waals surface area contributed by atoms with E-state index in [-0.39, 0.29) is 25.0 Å². The summed E-state index contributed by atoms with van der Waals surface area (Å²) in [6.45, 7) is 3.37. The molecule has 0 fully saturated rings. The molecule has 3 N–H and O–H groups in total. The Labute approximate surface area is 189 Å². The minimum absolute atomic E-state index is 0.106. The number of tetrazole rings is 1. The zero-order valence-corrected chi connectivity index (χ0v) is 18.3. The van der Waals surface area contributed by atoms with Gasteiger partial charge in [0.2, 0.25) is 5.82 Å². The van der Waals surface area contributed by atoms with E-state index in [1.807, 2.05) is 42.5 Å². The minimum atomic E-state index is -1.46. The van der Waals surface area contributed by atoms with Gasteiger partial charge in [0.05, 0.1) is 12.6 Å². The first kappa shape index (κ1) is 23.3. The Morgan fingerprint density at radius 1 is 1.19 bits per heavy atom. The van der Waals surface area contributed by atoms with Crippen LogP contribution in [0.4, 0.5) is 0 Å². The number of aliphatic hydroxyl groups is 1. The van der Waals surface area contributed by atoms with Gasteiger partial charge >= 0.3 is 11.9 Å². The van der Waals surface area contributed by atoms with Gasteiger partial charge in [-0.3, -0.25) is 10.2 Å². The number of benzene rings is 2. The van der Waals surface area contributed by atoms with Crippen LogP contribution < -0.4 is 5.43 Å². The van der Waals surface area contributed by atoms with E-state index in [1.54, 1.807) is 19.9 Å². The summed E-state index contributed by atoms with van der Waals surface area (Å²) in [6.07, 6.45) is -1.84. The highest BCUT2D eigenvalue weighted by molar-refractivity contribution is 6.30. The summed E-state index contributed by atoms with van der Waals surface area (Å²) in [5, 5.41) is 24.9. The summed E-state index contributed by atoms with van der Waals surface area (Å²) in [5.41, 5.74) is 5.37. The molecule has 0 aliphatic carbocycles. The molecule has 10 nitrogen and oxygen atoms in total. The number of hydrogen-bond donors (Lipinski definition) is 3. The number of aromatic amines is 1. The van der Waals surface area contributed by atoms with Gasteiger partial charge in [-0.05, 0) is 53.1 Å². The Morgan fingerprint density at radius 2 is 1.94 bits per heavy atom. The van der Waals surface area contributed by atoms with Gasteiger partial charge in [0.1, 0.15) is 0 Å². The van der Waals surface area contributed by atoms with E-state index >= 15 is 0 Å². The topological polar surface area (TPSA) is 133 Å². The van der Waals surface area contributed by atoms with E-state index in [0.717, 1.165) is 16.7 Å². The number of carbonyl (C=O) groups excluding carboxylic acids is 2. The number of hydrazine groups is 1. The Kier molecular flexibility index (Phi) is 7.87. The fraction of sp³-hybridized carbons (Fsp3) is 0.286. The number of amides is 1. The number of halogens is 1. The molecule has 32 heavy (non-hydrogen) atoms. The number of rotatable bonds is 9. The molecule has 0 spiro atoms. The van der Waals surface area contributed by atoms with Gasteiger partial charge in [0.25, 0.3) is 0 Å². The third-order valence-electron chi connectivity index (χ3n) is 4.32. The number of nitrogens with one attached hydrogen (secondary N) is 2. The summed E-state index contributed by atoms with van der Waals surface area (Å²) in [6, 6.07) is 15.1. The number of hydrogen-bond acceptors (Lipinski definition) is 8. The van der Waals surface area contributed by atoms with Crippen molar-refractivity contribution in [2.75, 3.05) is 6.54 Å². The van der Waals surface area contributed by atoms with Crippen LogP contribution in [0.5, 0.6) is 0 Å². The summed E-state index contributed by atoms with van der Waals surface area (Å²) in [5.74, 6) is -1.50. The zero-order chi connectivity index (χ0) is 23.1. The second kappa shape index (κ2) is 10.8. The molecule has 0 saturated carbocycles. The summed E-state index contributed by atoms with van der Waals surface area (Å²) in [7, 11) is 0. The molecule has 1 heterocycles. The first-order valence-electron chi connectivity index (χ1n) is 9.85. The molecule has 0 bridgehead atoms. The van der Waals surface area contributed by atoms with Crippen molar-refractivity contribution in [2.45, 2.75) is 32.6 Å². The van der Waals surface area contributed by atoms with Crippen molar-refractivity contribution < 1.29 is 19.4 Å². The molecule has 0 aliphatic heterocycles. The Hall–Kier alpha value is -3.34. The average Bonchev–Trinajstić information content (AvgIpc) is 3.29. The highest BCUT2D eigenvalue weighted by Crippen LogP contribution is 2.23. The van der Waals surface area contributed by atoms with Crippen molar-refractivity contribution in [3.05, 3.63) is 64.9 Å². The number of esters is 1. The van der Waals surface area contributed by atoms with E-state index in [1.165, 1.54) is 5.01 Å². The predicted octanol–water partition coefficient (Wildman–Crippen LogP) is 1.98. The van der Waals surface area contributed by atoms with Crippen molar-refractivity contribution in [1.82, 2.24) is 31.1 Å². The molecule has 1 amide bonds. The first-order valence-corrected chi connectivity index (χ1v) is 10.2.